The molecular formula is C19H30N4O7. The molecule has 0 spiro atoms. The van der Waals surface area contributed by atoms with Gasteiger partial charge in [-0.2, -0.15) is 0 Å². The van der Waals surface area contributed by atoms with Crippen molar-refractivity contribution in [1.29, 1.82) is 0 Å². The Morgan fingerprint density at radius 3 is 2.30 bits per heavy atom. The average Bonchev–Trinajstić information content (AvgIpc) is 3.35. The molecule has 2 saturated heterocycles. The first-order valence-electron chi connectivity index (χ1n) is 10.2. The van der Waals surface area contributed by atoms with Gasteiger partial charge in [0.05, 0.1) is 12.5 Å². The van der Waals surface area contributed by atoms with Gasteiger partial charge in [-0.15, -0.1) is 0 Å². The molecule has 0 aliphatic carbocycles. The number of likely N-dealkylation sites (tertiary alicyclic amines) is 1. The highest BCUT2D eigenvalue weighted by atomic mass is 16.4. The zero-order valence-corrected chi connectivity index (χ0v) is 17.2. The topological polar surface area (TPSA) is 165 Å². The smallest absolute Gasteiger partial charge is 0.326 e. The number of nitrogens with one attached hydrogen (secondary N) is 3. The van der Waals surface area contributed by atoms with Crippen LogP contribution in [0.5, 0.6) is 0 Å². The first-order chi connectivity index (χ1) is 14.1. The van der Waals surface area contributed by atoms with Crippen molar-refractivity contribution in [3.05, 3.63) is 0 Å². The van der Waals surface area contributed by atoms with Crippen LogP contribution in [-0.4, -0.2) is 82.0 Å². The van der Waals surface area contributed by atoms with Gasteiger partial charge in [0.25, 0.3) is 0 Å². The predicted molar refractivity (Wildman–Crippen MR) is 104 cm³/mol. The molecule has 0 aromatic rings. The van der Waals surface area contributed by atoms with E-state index < -0.39 is 60.2 Å². The molecule has 4 atom stereocenters. The maximum Gasteiger partial charge on any atom is 0.326 e. The van der Waals surface area contributed by atoms with E-state index in [0.717, 1.165) is 6.42 Å². The highest BCUT2D eigenvalue weighted by Gasteiger charge is 2.39. The second-order valence-electron chi connectivity index (χ2n) is 8.07. The van der Waals surface area contributed by atoms with Gasteiger partial charge in [0.2, 0.25) is 17.7 Å². The zero-order chi connectivity index (χ0) is 22.4. The number of carbonyl (C=O) groups is 5. The molecule has 2 rings (SSSR count). The van der Waals surface area contributed by atoms with Crippen LogP contribution in [0.2, 0.25) is 0 Å². The van der Waals surface area contributed by atoms with E-state index in [0.29, 0.717) is 25.8 Å². The number of carboxylic acid groups (broad SMARTS) is 2. The third-order valence-corrected chi connectivity index (χ3v) is 5.44. The van der Waals surface area contributed by atoms with E-state index in [4.69, 9.17) is 5.11 Å². The van der Waals surface area contributed by atoms with E-state index in [9.17, 15) is 29.1 Å². The van der Waals surface area contributed by atoms with Crippen molar-refractivity contribution in [3.8, 4) is 0 Å². The Kier molecular flexibility index (Phi) is 8.16. The Balaban J connectivity index is 2.10. The van der Waals surface area contributed by atoms with Crippen LogP contribution >= 0.6 is 0 Å². The molecule has 0 radical (unpaired) electrons. The van der Waals surface area contributed by atoms with Gasteiger partial charge in [0.15, 0.2) is 0 Å². The van der Waals surface area contributed by atoms with E-state index in [1.807, 2.05) is 0 Å². The summed E-state index contributed by atoms with van der Waals surface area (Å²) < 4.78 is 0. The Morgan fingerprint density at radius 1 is 1.07 bits per heavy atom. The van der Waals surface area contributed by atoms with Crippen molar-refractivity contribution in [1.82, 2.24) is 20.9 Å². The summed E-state index contributed by atoms with van der Waals surface area (Å²) in [6.07, 6.45) is 1.65. The lowest BCUT2D eigenvalue weighted by Crippen LogP contribution is -2.58. The number of carbonyl (C=O) groups excluding carboxylic acids is 3. The summed E-state index contributed by atoms with van der Waals surface area (Å²) in [5.74, 6) is -4.52. The minimum Gasteiger partial charge on any atom is -0.481 e. The molecule has 0 bridgehead atoms. The molecule has 4 unspecified atom stereocenters. The van der Waals surface area contributed by atoms with Gasteiger partial charge in [-0.1, -0.05) is 13.8 Å². The molecule has 2 fully saturated rings. The number of carboxylic acids is 2. The predicted octanol–water partition coefficient (Wildman–Crippen LogP) is -1.09. The minimum absolute atomic E-state index is 0.275. The molecule has 2 aliphatic rings. The Hall–Kier alpha value is -2.69. The maximum absolute atomic E-state index is 12.9. The lowest BCUT2D eigenvalue weighted by atomic mass is 10.0. The molecule has 2 heterocycles. The molecule has 5 N–H and O–H groups in total. The van der Waals surface area contributed by atoms with Crippen molar-refractivity contribution < 1.29 is 34.2 Å². The molecule has 0 saturated carbocycles. The van der Waals surface area contributed by atoms with Gasteiger partial charge >= 0.3 is 11.9 Å². The number of nitrogens with zero attached hydrogens (tertiary/aromatic N) is 1. The Labute approximate surface area is 174 Å². The largest absolute Gasteiger partial charge is 0.481 e. The second-order valence-corrected chi connectivity index (χ2v) is 8.07. The van der Waals surface area contributed by atoms with Crippen molar-refractivity contribution in [2.24, 2.45) is 5.92 Å². The quantitative estimate of drug-likeness (QED) is 0.310. The molecule has 30 heavy (non-hydrogen) atoms. The molecule has 0 aromatic carbocycles. The summed E-state index contributed by atoms with van der Waals surface area (Å²) in [5.41, 5.74) is 0. The first kappa shape index (κ1) is 23.6. The van der Waals surface area contributed by atoms with E-state index >= 15 is 0 Å². The van der Waals surface area contributed by atoms with Gasteiger partial charge in [-0.05, 0) is 38.1 Å². The lowest BCUT2D eigenvalue weighted by molar-refractivity contribution is -0.150. The SMILES string of the molecule is CC(C)C(NC(=O)C(CC(=O)O)NC(=O)C1CCCN1)C(=O)N1CCCC1C(=O)O. The Morgan fingerprint density at radius 2 is 1.77 bits per heavy atom. The summed E-state index contributed by atoms with van der Waals surface area (Å²) in [6.45, 7) is 4.33. The molecule has 0 aromatic heterocycles. The fraction of sp³-hybridized carbons (Fsp3) is 0.737. The van der Waals surface area contributed by atoms with Gasteiger partial charge in [-0.3, -0.25) is 19.2 Å². The average molecular weight is 426 g/mol. The van der Waals surface area contributed by atoms with Crippen molar-refractivity contribution >= 4 is 29.7 Å². The minimum atomic E-state index is -1.35. The van der Waals surface area contributed by atoms with E-state index in [1.54, 1.807) is 13.8 Å². The molecular weight excluding hydrogens is 396 g/mol. The van der Waals surface area contributed by atoms with E-state index in [2.05, 4.69) is 16.0 Å². The highest BCUT2D eigenvalue weighted by Crippen LogP contribution is 2.20. The summed E-state index contributed by atoms with van der Waals surface area (Å²) in [6, 6.07) is -3.81. The summed E-state index contributed by atoms with van der Waals surface area (Å²) in [5, 5.41) is 26.4. The van der Waals surface area contributed by atoms with Crippen molar-refractivity contribution in [2.45, 2.75) is 70.1 Å². The third-order valence-electron chi connectivity index (χ3n) is 5.44. The molecule has 3 amide bonds. The number of hydrogen-bond donors (Lipinski definition) is 5. The summed E-state index contributed by atoms with van der Waals surface area (Å²) >= 11 is 0. The first-order valence-corrected chi connectivity index (χ1v) is 10.2. The van der Waals surface area contributed by atoms with Crippen LogP contribution < -0.4 is 16.0 Å². The number of hydrogen-bond acceptors (Lipinski definition) is 6. The monoisotopic (exact) mass is 426 g/mol. The van der Waals surface area contributed by atoms with Crippen LogP contribution in [0.1, 0.15) is 46.0 Å². The lowest BCUT2D eigenvalue weighted by Gasteiger charge is -2.30. The summed E-state index contributed by atoms with van der Waals surface area (Å²) in [4.78, 5) is 61.9. The molecule has 11 nitrogen and oxygen atoms in total. The zero-order valence-electron chi connectivity index (χ0n) is 17.2. The third kappa shape index (κ3) is 5.91. The Bertz CT molecular complexity index is 690. The number of amides is 3. The van der Waals surface area contributed by atoms with Gasteiger partial charge in [0, 0.05) is 6.54 Å². The van der Waals surface area contributed by atoms with Crippen LogP contribution in [0.3, 0.4) is 0 Å². The van der Waals surface area contributed by atoms with E-state index in [1.165, 1.54) is 4.90 Å². The van der Waals surface area contributed by atoms with E-state index in [-0.39, 0.29) is 12.5 Å². The van der Waals surface area contributed by atoms with Crippen LogP contribution in [0.25, 0.3) is 0 Å². The van der Waals surface area contributed by atoms with Gasteiger partial charge < -0.3 is 31.1 Å². The highest BCUT2D eigenvalue weighted by molar-refractivity contribution is 5.96. The second kappa shape index (κ2) is 10.4. The number of rotatable bonds is 9. The fourth-order valence-electron chi connectivity index (χ4n) is 3.80. The standard InChI is InChI=1S/C19H30N4O7/c1-10(2)15(18(28)23-8-4-6-13(23)19(29)30)22-17(27)12(9-14(24)25)21-16(26)11-5-3-7-20-11/h10-13,15,20H,3-9H2,1-2H3,(H,21,26)(H,22,27)(H,24,25)(H,29,30). The fourth-order valence-corrected chi connectivity index (χ4v) is 3.80. The molecule has 11 heteroatoms. The normalized spacial score (nSPS) is 23.1. The van der Waals surface area contributed by atoms with Crippen LogP contribution in [0.4, 0.5) is 0 Å². The van der Waals surface area contributed by atoms with Gasteiger partial charge in [-0.25, -0.2) is 4.79 Å². The maximum atomic E-state index is 12.9. The molecule has 2 aliphatic heterocycles. The van der Waals surface area contributed by atoms with Gasteiger partial charge in [0.1, 0.15) is 18.1 Å². The summed E-state index contributed by atoms with van der Waals surface area (Å²) in [7, 11) is 0. The number of aliphatic carboxylic acids is 2. The van der Waals surface area contributed by atoms with Crippen LogP contribution in [0.15, 0.2) is 0 Å². The van der Waals surface area contributed by atoms with Crippen LogP contribution in [-0.2, 0) is 24.0 Å². The van der Waals surface area contributed by atoms with Crippen molar-refractivity contribution in [3.63, 3.8) is 0 Å². The molecule has 168 valence electrons. The van der Waals surface area contributed by atoms with Crippen LogP contribution in [0, 0.1) is 5.92 Å². The van der Waals surface area contributed by atoms with Crippen molar-refractivity contribution in [2.75, 3.05) is 13.1 Å².